The summed E-state index contributed by atoms with van der Waals surface area (Å²) in [6.07, 6.45) is 7.82. The smallest absolute Gasteiger partial charge is 0.0558 e. The van der Waals surface area contributed by atoms with E-state index in [9.17, 15) is 0 Å². The monoisotopic (exact) mass is 212 g/mol. The molecule has 0 bridgehead atoms. The largest absolute Gasteiger partial charge is 0.395 e. The summed E-state index contributed by atoms with van der Waals surface area (Å²) in [6.45, 7) is 3.19. The van der Waals surface area contributed by atoms with Gasteiger partial charge in [0.05, 0.1) is 18.8 Å². The van der Waals surface area contributed by atoms with E-state index in [1.807, 2.05) is 36.1 Å². The van der Waals surface area contributed by atoms with Gasteiger partial charge in [0, 0.05) is 19.1 Å². The minimum Gasteiger partial charge on any atom is -0.395 e. The normalized spacial score (nSPS) is 30.1. The van der Waals surface area contributed by atoms with Crippen LogP contribution in [0.3, 0.4) is 0 Å². The summed E-state index contributed by atoms with van der Waals surface area (Å²) in [5.74, 6) is 0. The zero-order valence-electron chi connectivity index (χ0n) is 9.13. The van der Waals surface area contributed by atoms with E-state index in [0.29, 0.717) is 13.1 Å². The third kappa shape index (κ3) is 2.66. The number of nitrogens with zero attached hydrogens (tertiary/aromatic N) is 1. The minimum atomic E-state index is -0.319. The van der Waals surface area contributed by atoms with Gasteiger partial charge in [-0.1, -0.05) is 24.3 Å². The van der Waals surface area contributed by atoms with E-state index in [1.54, 1.807) is 0 Å². The van der Waals surface area contributed by atoms with Crippen molar-refractivity contribution in [2.45, 2.75) is 18.5 Å². The van der Waals surface area contributed by atoms with Gasteiger partial charge in [-0.25, -0.2) is 0 Å². The molecule has 0 radical (unpaired) electrons. The van der Waals surface area contributed by atoms with Gasteiger partial charge in [0.1, 0.15) is 0 Å². The quantitative estimate of drug-likeness (QED) is 0.574. The average molecular weight is 212 g/mol. The number of hydrogen-bond donors (Lipinski definition) is 3. The van der Waals surface area contributed by atoms with Crippen molar-refractivity contribution in [1.29, 1.82) is 0 Å². The molecule has 0 aromatic carbocycles. The Bertz CT molecular complexity index is 247. The van der Waals surface area contributed by atoms with E-state index >= 15 is 0 Å². The van der Waals surface area contributed by atoms with Crippen molar-refractivity contribution in [2.24, 2.45) is 5.73 Å². The molecule has 4 nitrogen and oxygen atoms in total. The van der Waals surface area contributed by atoms with Crippen molar-refractivity contribution in [3.63, 3.8) is 0 Å². The molecule has 0 aromatic heterocycles. The van der Waals surface area contributed by atoms with Crippen LogP contribution in [0.4, 0.5) is 0 Å². The molecule has 0 fully saturated rings. The fourth-order valence-electron chi connectivity index (χ4n) is 1.89. The predicted molar refractivity (Wildman–Crippen MR) is 60.4 cm³/mol. The van der Waals surface area contributed by atoms with E-state index < -0.39 is 0 Å². The Morgan fingerprint density at radius 3 is 2.33 bits per heavy atom. The van der Waals surface area contributed by atoms with Crippen LogP contribution in [-0.4, -0.2) is 53.0 Å². The topological polar surface area (TPSA) is 69.7 Å². The van der Waals surface area contributed by atoms with Gasteiger partial charge in [-0.2, -0.15) is 0 Å². The third-order valence-electron chi connectivity index (χ3n) is 2.96. The highest BCUT2D eigenvalue weighted by molar-refractivity contribution is 5.26. The molecule has 0 heterocycles. The van der Waals surface area contributed by atoms with Gasteiger partial charge in [0.15, 0.2) is 0 Å². The lowest BCUT2D eigenvalue weighted by molar-refractivity contribution is 0.0818. The Kier molecular flexibility index (Phi) is 4.47. The van der Waals surface area contributed by atoms with Gasteiger partial charge in [0.2, 0.25) is 0 Å². The van der Waals surface area contributed by atoms with E-state index in [0.717, 1.165) is 0 Å². The maximum atomic E-state index is 8.99. The second-order valence-electron chi connectivity index (χ2n) is 3.93. The van der Waals surface area contributed by atoms with Crippen LogP contribution in [0.25, 0.3) is 0 Å². The molecule has 0 saturated carbocycles. The van der Waals surface area contributed by atoms with Crippen molar-refractivity contribution in [1.82, 2.24) is 4.90 Å². The molecule has 2 atom stereocenters. The van der Waals surface area contributed by atoms with Crippen molar-refractivity contribution < 1.29 is 10.2 Å². The van der Waals surface area contributed by atoms with Gasteiger partial charge < -0.3 is 15.9 Å². The van der Waals surface area contributed by atoms with Gasteiger partial charge in [0.25, 0.3) is 0 Å². The number of hydrogen-bond acceptors (Lipinski definition) is 4. The summed E-state index contributed by atoms with van der Waals surface area (Å²) >= 11 is 0. The number of allylic oxidation sites excluding steroid dienone is 2. The van der Waals surface area contributed by atoms with Crippen LogP contribution >= 0.6 is 0 Å². The maximum Gasteiger partial charge on any atom is 0.0558 e. The van der Waals surface area contributed by atoms with Crippen molar-refractivity contribution >= 4 is 0 Å². The first-order valence-electron chi connectivity index (χ1n) is 5.23. The minimum absolute atomic E-state index is 0.0693. The number of aliphatic hydroxyl groups is 2. The van der Waals surface area contributed by atoms with Crippen LogP contribution in [0.5, 0.6) is 0 Å². The molecule has 86 valence electrons. The van der Waals surface area contributed by atoms with E-state index in [-0.39, 0.29) is 24.8 Å². The molecule has 1 aliphatic carbocycles. The molecular weight excluding hydrogens is 192 g/mol. The van der Waals surface area contributed by atoms with E-state index in [1.165, 1.54) is 0 Å². The Morgan fingerprint density at radius 1 is 1.27 bits per heavy atom. The number of nitrogens with two attached hydrogens (primary N) is 1. The molecule has 4 N–H and O–H groups in total. The standard InChI is InChI=1S/C11H20N2O2/c1-11(5-3-2-4-10(11)12)13(6-8-14)7-9-15/h2-5,10,14-15H,6-9,12H2,1H3. The first-order chi connectivity index (χ1) is 7.15. The van der Waals surface area contributed by atoms with Gasteiger partial charge in [-0.15, -0.1) is 0 Å². The Hall–Kier alpha value is -0.680. The SMILES string of the molecule is CC1(N(CCO)CCO)C=CC=CC1N. The lowest BCUT2D eigenvalue weighted by atomic mass is 9.87. The average Bonchev–Trinajstić information content (AvgIpc) is 2.22. The zero-order valence-corrected chi connectivity index (χ0v) is 9.13. The van der Waals surface area contributed by atoms with Crippen LogP contribution in [0, 0.1) is 0 Å². The number of β-amino-alcohol motifs (C(OH)–C–C–N with tert-alkyl or cyclic N) is 2. The molecule has 2 unspecified atom stereocenters. The molecule has 1 aliphatic rings. The molecule has 0 saturated heterocycles. The fraction of sp³-hybridized carbons (Fsp3) is 0.636. The molecule has 15 heavy (non-hydrogen) atoms. The summed E-state index contributed by atoms with van der Waals surface area (Å²) in [6, 6.07) is -0.111. The number of aliphatic hydroxyl groups excluding tert-OH is 2. The summed E-state index contributed by atoms with van der Waals surface area (Å²) in [5.41, 5.74) is 5.71. The molecule has 0 spiro atoms. The first kappa shape index (κ1) is 12.4. The number of rotatable bonds is 5. The highest BCUT2D eigenvalue weighted by Gasteiger charge is 2.34. The van der Waals surface area contributed by atoms with Crippen LogP contribution in [-0.2, 0) is 0 Å². The molecule has 1 rings (SSSR count). The summed E-state index contributed by atoms with van der Waals surface area (Å²) < 4.78 is 0. The first-order valence-corrected chi connectivity index (χ1v) is 5.23. The van der Waals surface area contributed by atoms with E-state index in [2.05, 4.69) is 0 Å². The second kappa shape index (κ2) is 5.42. The highest BCUT2D eigenvalue weighted by Crippen LogP contribution is 2.23. The lowest BCUT2D eigenvalue weighted by Crippen LogP contribution is -2.58. The third-order valence-corrected chi connectivity index (χ3v) is 2.96. The van der Waals surface area contributed by atoms with Crippen molar-refractivity contribution in [3.8, 4) is 0 Å². The molecule has 4 heteroatoms. The van der Waals surface area contributed by atoms with E-state index in [4.69, 9.17) is 15.9 Å². The lowest BCUT2D eigenvalue weighted by Gasteiger charge is -2.43. The van der Waals surface area contributed by atoms with Crippen LogP contribution < -0.4 is 5.73 Å². The van der Waals surface area contributed by atoms with Gasteiger partial charge in [-0.3, -0.25) is 4.90 Å². The Balaban J connectivity index is 2.79. The predicted octanol–water partition coefficient (Wildman–Crippen LogP) is -0.515. The van der Waals surface area contributed by atoms with Crippen LogP contribution in [0.2, 0.25) is 0 Å². The Labute approximate surface area is 90.7 Å². The van der Waals surface area contributed by atoms with Gasteiger partial charge >= 0.3 is 0 Å². The molecule has 0 amide bonds. The zero-order chi connectivity index (χ0) is 11.3. The van der Waals surface area contributed by atoms with Crippen LogP contribution in [0.15, 0.2) is 24.3 Å². The fourth-order valence-corrected chi connectivity index (χ4v) is 1.89. The van der Waals surface area contributed by atoms with Crippen LogP contribution in [0.1, 0.15) is 6.92 Å². The maximum absolute atomic E-state index is 8.99. The van der Waals surface area contributed by atoms with Crippen molar-refractivity contribution in [3.05, 3.63) is 24.3 Å². The Morgan fingerprint density at radius 2 is 1.87 bits per heavy atom. The summed E-state index contributed by atoms with van der Waals surface area (Å²) in [5, 5.41) is 18.0. The molecule has 0 aliphatic heterocycles. The highest BCUT2D eigenvalue weighted by atomic mass is 16.3. The van der Waals surface area contributed by atoms with Crippen molar-refractivity contribution in [2.75, 3.05) is 26.3 Å². The molecular formula is C11H20N2O2. The molecule has 0 aromatic rings. The van der Waals surface area contributed by atoms with Gasteiger partial charge in [-0.05, 0) is 6.92 Å². The second-order valence-corrected chi connectivity index (χ2v) is 3.93. The summed E-state index contributed by atoms with van der Waals surface area (Å²) in [4.78, 5) is 2.00. The summed E-state index contributed by atoms with van der Waals surface area (Å²) in [7, 11) is 0.